The van der Waals surface area contributed by atoms with Crippen molar-refractivity contribution in [3.63, 3.8) is 0 Å². The van der Waals surface area contributed by atoms with Crippen molar-refractivity contribution < 1.29 is 9.59 Å². The predicted octanol–water partition coefficient (Wildman–Crippen LogP) is 3.41. The maximum atomic E-state index is 13.8. The Balaban J connectivity index is 1.02. The summed E-state index contributed by atoms with van der Waals surface area (Å²) in [4.78, 5) is 47.8. The summed E-state index contributed by atoms with van der Waals surface area (Å²) in [5.74, 6) is 2.87. The van der Waals surface area contributed by atoms with E-state index in [1.165, 1.54) is 56.1 Å². The maximum Gasteiger partial charge on any atom is 0.262 e. The van der Waals surface area contributed by atoms with E-state index in [2.05, 4.69) is 15.1 Å². The molecule has 8 rings (SSSR count). The molecule has 1 unspecified atom stereocenters. The Morgan fingerprint density at radius 1 is 0.949 bits per heavy atom. The SMILES string of the molecule is Cc1nc2cccc(CN3CCN(CCC45CC6CC(CC(C6)C4)C5)CC3)c2c(=O)n1C1CCC(=O)NC1=O. The highest BCUT2D eigenvalue weighted by molar-refractivity contribution is 5.99. The Labute approximate surface area is 230 Å². The van der Waals surface area contributed by atoms with Gasteiger partial charge in [0.2, 0.25) is 11.8 Å². The lowest BCUT2D eigenvalue weighted by molar-refractivity contribution is -0.135. The molecule has 208 valence electrons. The third kappa shape index (κ3) is 4.73. The van der Waals surface area contributed by atoms with Gasteiger partial charge in [0.15, 0.2) is 0 Å². The lowest BCUT2D eigenvalue weighted by atomic mass is 9.49. The van der Waals surface area contributed by atoms with Crippen LogP contribution >= 0.6 is 0 Å². The number of rotatable bonds is 6. The van der Waals surface area contributed by atoms with Crippen LogP contribution in [0, 0.1) is 30.1 Å². The number of imide groups is 1. The standard InChI is InChI=1S/C31H41N5O3/c1-20-32-25-4-2-3-24(28(25)30(39)36(20)26-5-6-27(37)33-29(26)38)19-35-11-9-34(10-12-35)8-7-31-16-21-13-22(17-31)15-23(14-21)18-31/h2-4,21-23,26H,5-19H2,1H3,(H,33,37,38). The molecule has 6 fully saturated rings. The molecular weight excluding hydrogens is 490 g/mol. The quantitative estimate of drug-likeness (QED) is 0.575. The van der Waals surface area contributed by atoms with Gasteiger partial charge in [0.05, 0.1) is 10.9 Å². The van der Waals surface area contributed by atoms with Gasteiger partial charge in [-0.3, -0.25) is 29.2 Å². The smallest absolute Gasteiger partial charge is 0.262 e. The molecule has 39 heavy (non-hydrogen) atoms. The highest BCUT2D eigenvalue weighted by atomic mass is 16.2. The van der Waals surface area contributed by atoms with Crippen molar-refractivity contribution >= 4 is 22.7 Å². The molecule has 4 bridgehead atoms. The van der Waals surface area contributed by atoms with E-state index in [9.17, 15) is 14.4 Å². The lowest BCUT2D eigenvalue weighted by Gasteiger charge is -2.57. The number of piperidine rings is 1. The van der Waals surface area contributed by atoms with Crippen molar-refractivity contribution in [3.05, 3.63) is 39.9 Å². The van der Waals surface area contributed by atoms with Crippen LogP contribution in [0.25, 0.3) is 10.9 Å². The van der Waals surface area contributed by atoms with Crippen molar-refractivity contribution in [2.75, 3.05) is 32.7 Å². The highest BCUT2D eigenvalue weighted by Gasteiger charge is 2.50. The molecule has 8 nitrogen and oxygen atoms in total. The van der Waals surface area contributed by atoms with Gasteiger partial charge < -0.3 is 4.90 Å². The zero-order valence-corrected chi connectivity index (χ0v) is 23.2. The first-order valence-electron chi connectivity index (χ1n) is 15.1. The molecule has 0 spiro atoms. The van der Waals surface area contributed by atoms with Crippen LogP contribution in [0.3, 0.4) is 0 Å². The molecular formula is C31H41N5O3. The van der Waals surface area contributed by atoms with E-state index in [1.54, 1.807) is 6.92 Å². The van der Waals surface area contributed by atoms with Gasteiger partial charge >= 0.3 is 0 Å². The second kappa shape index (κ2) is 9.81. The largest absolute Gasteiger partial charge is 0.301 e. The zero-order valence-electron chi connectivity index (χ0n) is 23.2. The molecule has 1 aromatic carbocycles. The van der Waals surface area contributed by atoms with Crippen molar-refractivity contribution in [1.82, 2.24) is 24.7 Å². The Hall–Kier alpha value is -2.58. The van der Waals surface area contributed by atoms with Gasteiger partial charge in [0.1, 0.15) is 11.9 Å². The van der Waals surface area contributed by atoms with Crippen LogP contribution in [0.15, 0.2) is 23.0 Å². The van der Waals surface area contributed by atoms with Crippen LogP contribution in [-0.2, 0) is 16.1 Å². The van der Waals surface area contributed by atoms with Gasteiger partial charge in [-0.25, -0.2) is 4.98 Å². The molecule has 4 aliphatic carbocycles. The normalized spacial score (nSPS) is 33.2. The molecule has 2 saturated heterocycles. The number of aryl methyl sites for hydroxylation is 1. The van der Waals surface area contributed by atoms with Crippen LogP contribution in [0.5, 0.6) is 0 Å². The Kier molecular flexibility index (Phi) is 6.38. The summed E-state index contributed by atoms with van der Waals surface area (Å²) in [6, 6.07) is 5.18. The van der Waals surface area contributed by atoms with Crippen molar-refractivity contribution in [2.45, 2.75) is 77.3 Å². The second-order valence-corrected chi connectivity index (χ2v) is 13.4. The number of nitrogens with zero attached hydrogens (tertiary/aromatic N) is 4. The van der Waals surface area contributed by atoms with Gasteiger partial charge in [-0.05, 0) is 99.6 Å². The predicted molar refractivity (Wildman–Crippen MR) is 149 cm³/mol. The molecule has 0 radical (unpaired) electrons. The molecule has 1 atom stereocenters. The number of hydrogen-bond acceptors (Lipinski definition) is 6. The van der Waals surface area contributed by atoms with Gasteiger partial charge in [-0.2, -0.15) is 0 Å². The summed E-state index contributed by atoms with van der Waals surface area (Å²) < 4.78 is 1.50. The minimum absolute atomic E-state index is 0.184. The van der Waals surface area contributed by atoms with Gasteiger partial charge in [-0.1, -0.05) is 12.1 Å². The van der Waals surface area contributed by atoms with Crippen molar-refractivity contribution in [3.8, 4) is 0 Å². The zero-order chi connectivity index (χ0) is 26.7. The number of carbonyl (C=O) groups is 2. The summed E-state index contributed by atoms with van der Waals surface area (Å²) in [6.45, 7) is 7.85. The fraction of sp³-hybridized carbons (Fsp3) is 0.677. The van der Waals surface area contributed by atoms with Gasteiger partial charge in [-0.15, -0.1) is 0 Å². The number of carbonyl (C=O) groups excluding carboxylic acids is 2. The van der Waals surface area contributed by atoms with Crippen molar-refractivity contribution in [1.29, 1.82) is 0 Å². The third-order valence-corrected chi connectivity index (χ3v) is 10.7. The monoisotopic (exact) mass is 531 g/mol. The average Bonchev–Trinajstić information content (AvgIpc) is 2.89. The lowest BCUT2D eigenvalue weighted by Crippen LogP contribution is -2.50. The summed E-state index contributed by atoms with van der Waals surface area (Å²) in [7, 11) is 0. The number of hydrogen-bond donors (Lipinski definition) is 1. The number of benzene rings is 1. The molecule has 1 aromatic heterocycles. The van der Waals surface area contributed by atoms with E-state index < -0.39 is 11.9 Å². The summed E-state index contributed by atoms with van der Waals surface area (Å²) in [5.41, 5.74) is 2.10. The number of piperazine rings is 1. The van der Waals surface area contributed by atoms with Crippen molar-refractivity contribution in [2.24, 2.45) is 23.2 Å². The topological polar surface area (TPSA) is 87.5 Å². The van der Waals surface area contributed by atoms with Crippen LogP contribution in [0.4, 0.5) is 0 Å². The van der Waals surface area contributed by atoms with Gasteiger partial charge in [0, 0.05) is 39.1 Å². The summed E-state index contributed by atoms with van der Waals surface area (Å²) in [5, 5.41) is 2.98. The van der Waals surface area contributed by atoms with Crippen LogP contribution in [0.1, 0.15) is 75.2 Å². The van der Waals surface area contributed by atoms with Crippen LogP contribution in [-0.4, -0.2) is 63.9 Å². The van der Waals surface area contributed by atoms with Gasteiger partial charge in [0.25, 0.3) is 5.56 Å². The van der Waals surface area contributed by atoms with E-state index in [0.29, 0.717) is 35.1 Å². The van der Waals surface area contributed by atoms with E-state index in [1.807, 2.05) is 18.2 Å². The fourth-order valence-electron chi connectivity index (χ4n) is 9.25. The molecule has 2 aliphatic heterocycles. The summed E-state index contributed by atoms with van der Waals surface area (Å²) in [6.07, 6.45) is 10.9. The van der Waals surface area contributed by atoms with Crippen LogP contribution < -0.4 is 10.9 Å². The second-order valence-electron chi connectivity index (χ2n) is 13.4. The number of amides is 2. The Morgan fingerprint density at radius 3 is 2.28 bits per heavy atom. The van der Waals surface area contributed by atoms with E-state index in [0.717, 1.165) is 49.5 Å². The minimum Gasteiger partial charge on any atom is -0.301 e. The van der Waals surface area contributed by atoms with Crippen LogP contribution in [0.2, 0.25) is 0 Å². The number of nitrogens with one attached hydrogen (secondary N) is 1. The first-order chi connectivity index (χ1) is 18.9. The number of aromatic nitrogens is 2. The minimum atomic E-state index is -0.697. The molecule has 4 saturated carbocycles. The average molecular weight is 532 g/mol. The Morgan fingerprint density at radius 2 is 1.62 bits per heavy atom. The molecule has 8 heteroatoms. The first kappa shape index (κ1) is 25.4. The molecule has 2 amide bonds. The Bertz CT molecular complexity index is 1320. The molecule has 2 aromatic rings. The van der Waals surface area contributed by atoms with E-state index in [-0.39, 0.29) is 17.9 Å². The van der Waals surface area contributed by atoms with E-state index in [4.69, 9.17) is 4.98 Å². The highest BCUT2D eigenvalue weighted by Crippen LogP contribution is 2.61. The number of fused-ring (bicyclic) bond motifs is 1. The third-order valence-electron chi connectivity index (χ3n) is 10.7. The van der Waals surface area contributed by atoms with E-state index >= 15 is 0 Å². The molecule has 1 N–H and O–H groups in total. The molecule has 3 heterocycles. The maximum absolute atomic E-state index is 13.8. The molecule has 6 aliphatic rings. The first-order valence-corrected chi connectivity index (χ1v) is 15.1. The fourth-order valence-corrected chi connectivity index (χ4v) is 9.25. The summed E-state index contributed by atoms with van der Waals surface area (Å²) >= 11 is 0.